The summed E-state index contributed by atoms with van der Waals surface area (Å²) in [5.74, 6) is 0.472. The van der Waals surface area contributed by atoms with E-state index in [4.69, 9.17) is 9.84 Å². The van der Waals surface area contributed by atoms with Crippen molar-refractivity contribution in [2.45, 2.75) is 52.6 Å². The molecule has 1 unspecified atom stereocenters. The molecule has 0 aromatic heterocycles. The van der Waals surface area contributed by atoms with E-state index in [1.54, 1.807) is 0 Å². The topological polar surface area (TPSA) is 58.6 Å². The second kappa shape index (κ2) is 7.49. The lowest BCUT2D eigenvalue weighted by atomic mass is 9.99. The number of nitrogens with one attached hydrogen (secondary N) is 1. The molecule has 0 heterocycles. The van der Waals surface area contributed by atoms with Gasteiger partial charge in [-0.2, -0.15) is 0 Å². The van der Waals surface area contributed by atoms with Crippen molar-refractivity contribution in [2.24, 2.45) is 5.92 Å². The first-order chi connectivity index (χ1) is 7.39. The molecule has 0 aromatic carbocycles. The maximum absolute atomic E-state index is 11.3. The lowest BCUT2D eigenvalue weighted by Gasteiger charge is -2.20. The summed E-state index contributed by atoms with van der Waals surface area (Å²) >= 11 is 0. The van der Waals surface area contributed by atoms with Crippen LogP contribution >= 0.6 is 0 Å². The van der Waals surface area contributed by atoms with Crippen LogP contribution in [-0.4, -0.2) is 30.0 Å². The van der Waals surface area contributed by atoms with E-state index in [1.807, 2.05) is 20.8 Å². The normalized spacial score (nSPS) is 13.3. The Morgan fingerprint density at radius 3 is 2.44 bits per heavy atom. The smallest absolute Gasteiger partial charge is 0.407 e. The number of carbonyl (C=O) groups is 1. The molecule has 4 heteroatoms. The number of hydrogen-bond acceptors (Lipinski definition) is 3. The van der Waals surface area contributed by atoms with Crippen molar-refractivity contribution in [3.05, 3.63) is 0 Å². The standard InChI is InChI=1S/C12H25NO3/c1-5-10(7-9-14)6-8-13-11(15)16-12(2,3)4/h10,14H,5-9H2,1-4H3,(H,13,15). The molecule has 1 atom stereocenters. The molecule has 0 aliphatic rings. The van der Waals surface area contributed by atoms with Gasteiger partial charge < -0.3 is 15.2 Å². The van der Waals surface area contributed by atoms with Crippen LogP contribution in [0.5, 0.6) is 0 Å². The van der Waals surface area contributed by atoms with E-state index >= 15 is 0 Å². The van der Waals surface area contributed by atoms with E-state index in [0.29, 0.717) is 12.5 Å². The first-order valence-electron chi connectivity index (χ1n) is 5.96. The Labute approximate surface area is 98.4 Å². The van der Waals surface area contributed by atoms with E-state index in [-0.39, 0.29) is 12.7 Å². The van der Waals surface area contributed by atoms with Gasteiger partial charge in [0.05, 0.1) is 0 Å². The fourth-order valence-electron chi connectivity index (χ4n) is 1.43. The largest absolute Gasteiger partial charge is 0.444 e. The summed E-state index contributed by atoms with van der Waals surface area (Å²) < 4.78 is 5.11. The van der Waals surface area contributed by atoms with Crippen molar-refractivity contribution in [1.82, 2.24) is 5.32 Å². The molecule has 0 radical (unpaired) electrons. The minimum atomic E-state index is -0.445. The van der Waals surface area contributed by atoms with Crippen molar-refractivity contribution in [2.75, 3.05) is 13.2 Å². The number of aliphatic hydroxyl groups is 1. The molecule has 0 saturated carbocycles. The van der Waals surface area contributed by atoms with Gasteiger partial charge in [0.2, 0.25) is 0 Å². The molecule has 0 rings (SSSR count). The van der Waals surface area contributed by atoms with Gasteiger partial charge >= 0.3 is 6.09 Å². The summed E-state index contributed by atoms with van der Waals surface area (Å²) in [4.78, 5) is 11.3. The highest BCUT2D eigenvalue weighted by Gasteiger charge is 2.15. The van der Waals surface area contributed by atoms with E-state index in [1.165, 1.54) is 0 Å². The molecule has 2 N–H and O–H groups in total. The molecular weight excluding hydrogens is 206 g/mol. The van der Waals surface area contributed by atoms with Gasteiger partial charge in [-0.1, -0.05) is 13.3 Å². The Hall–Kier alpha value is -0.770. The van der Waals surface area contributed by atoms with E-state index in [2.05, 4.69) is 12.2 Å². The highest BCUT2D eigenvalue weighted by Crippen LogP contribution is 2.11. The van der Waals surface area contributed by atoms with Crippen LogP contribution in [0.3, 0.4) is 0 Å². The first-order valence-corrected chi connectivity index (χ1v) is 5.96. The Kier molecular flexibility index (Phi) is 7.13. The summed E-state index contributed by atoms with van der Waals surface area (Å²) in [6.07, 6.45) is 2.34. The second-order valence-electron chi connectivity index (χ2n) is 5.00. The highest BCUT2D eigenvalue weighted by molar-refractivity contribution is 5.67. The van der Waals surface area contributed by atoms with Crippen LogP contribution in [0.1, 0.15) is 47.0 Å². The number of alkyl carbamates (subject to hydrolysis) is 1. The molecule has 96 valence electrons. The minimum Gasteiger partial charge on any atom is -0.444 e. The second-order valence-corrected chi connectivity index (χ2v) is 5.00. The fourth-order valence-corrected chi connectivity index (χ4v) is 1.43. The molecule has 16 heavy (non-hydrogen) atoms. The lowest BCUT2D eigenvalue weighted by Crippen LogP contribution is -2.33. The minimum absolute atomic E-state index is 0.213. The molecule has 0 aliphatic heterocycles. The highest BCUT2D eigenvalue weighted by atomic mass is 16.6. The number of carbonyl (C=O) groups excluding carboxylic acids is 1. The quantitative estimate of drug-likeness (QED) is 0.737. The van der Waals surface area contributed by atoms with Gasteiger partial charge in [0.25, 0.3) is 0 Å². The average molecular weight is 231 g/mol. The maximum atomic E-state index is 11.3. The Bertz CT molecular complexity index is 199. The van der Waals surface area contributed by atoms with Crippen LogP contribution in [-0.2, 0) is 4.74 Å². The van der Waals surface area contributed by atoms with Crippen molar-refractivity contribution in [3.8, 4) is 0 Å². The van der Waals surface area contributed by atoms with Crippen LogP contribution in [0.2, 0.25) is 0 Å². The van der Waals surface area contributed by atoms with E-state index < -0.39 is 5.60 Å². The van der Waals surface area contributed by atoms with Crippen molar-refractivity contribution in [3.63, 3.8) is 0 Å². The third kappa shape index (κ3) is 8.53. The van der Waals surface area contributed by atoms with Crippen LogP contribution in [0.15, 0.2) is 0 Å². The third-order valence-corrected chi connectivity index (χ3v) is 2.34. The summed E-state index contributed by atoms with van der Waals surface area (Å²) in [5.41, 5.74) is -0.445. The van der Waals surface area contributed by atoms with Gasteiger partial charge in [-0.25, -0.2) is 4.79 Å². The van der Waals surface area contributed by atoms with E-state index in [9.17, 15) is 4.79 Å². The van der Waals surface area contributed by atoms with Crippen molar-refractivity contribution >= 4 is 6.09 Å². The average Bonchev–Trinajstić information content (AvgIpc) is 2.13. The fraction of sp³-hybridized carbons (Fsp3) is 0.917. The molecule has 0 spiro atoms. The number of rotatable bonds is 6. The summed E-state index contributed by atoms with van der Waals surface area (Å²) in [6, 6.07) is 0. The van der Waals surface area contributed by atoms with Gasteiger partial charge in [-0.15, -0.1) is 0 Å². The number of hydrogen-bond donors (Lipinski definition) is 2. The number of amides is 1. The molecule has 0 aliphatic carbocycles. The Balaban J connectivity index is 3.68. The Morgan fingerprint density at radius 2 is 2.00 bits per heavy atom. The molecule has 0 saturated heterocycles. The monoisotopic (exact) mass is 231 g/mol. The third-order valence-electron chi connectivity index (χ3n) is 2.34. The van der Waals surface area contributed by atoms with Crippen LogP contribution in [0, 0.1) is 5.92 Å². The van der Waals surface area contributed by atoms with Crippen molar-refractivity contribution < 1.29 is 14.6 Å². The van der Waals surface area contributed by atoms with Crippen molar-refractivity contribution in [1.29, 1.82) is 0 Å². The predicted octanol–water partition coefficient (Wildman–Crippen LogP) is 2.31. The van der Waals surface area contributed by atoms with Crippen LogP contribution < -0.4 is 5.32 Å². The first kappa shape index (κ1) is 15.2. The summed E-state index contributed by atoms with van der Waals surface area (Å²) in [6.45, 7) is 8.43. The molecular formula is C12H25NO3. The van der Waals surface area contributed by atoms with Gasteiger partial charge in [0, 0.05) is 13.2 Å². The predicted molar refractivity (Wildman–Crippen MR) is 64.3 cm³/mol. The number of aliphatic hydroxyl groups excluding tert-OH is 1. The Morgan fingerprint density at radius 1 is 1.38 bits per heavy atom. The molecule has 0 fully saturated rings. The maximum Gasteiger partial charge on any atom is 0.407 e. The summed E-state index contributed by atoms with van der Waals surface area (Å²) in [7, 11) is 0. The SMILES string of the molecule is CCC(CCO)CCNC(=O)OC(C)(C)C. The van der Waals surface area contributed by atoms with Gasteiger partial charge in [0.15, 0.2) is 0 Å². The number of ether oxygens (including phenoxy) is 1. The zero-order valence-electron chi connectivity index (χ0n) is 10.9. The van der Waals surface area contributed by atoms with Gasteiger partial charge in [0.1, 0.15) is 5.60 Å². The van der Waals surface area contributed by atoms with Crippen LogP contribution in [0.4, 0.5) is 4.79 Å². The molecule has 0 bridgehead atoms. The zero-order valence-corrected chi connectivity index (χ0v) is 10.9. The van der Waals surface area contributed by atoms with Gasteiger partial charge in [-0.05, 0) is 39.5 Å². The zero-order chi connectivity index (χ0) is 12.6. The molecule has 4 nitrogen and oxygen atoms in total. The van der Waals surface area contributed by atoms with Gasteiger partial charge in [-0.3, -0.25) is 0 Å². The summed E-state index contributed by atoms with van der Waals surface area (Å²) in [5, 5.41) is 11.5. The van der Waals surface area contributed by atoms with E-state index in [0.717, 1.165) is 19.3 Å². The lowest BCUT2D eigenvalue weighted by molar-refractivity contribution is 0.0524. The van der Waals surface area contributed by atoms with Crippen LogP contribution in [0.25, 0.3) is 0 Å². The molecule has 1 amide bonds. The molecule has 0 aromatic rings.